The van der Waals surface area contributed by atoms with Crippen molar-refractivity contribution in [3.8, 4) is 22.5 Å². The highest BCUT2D eigenvalue weighted by Crippen LogP contribution is 2.31. The Labute approximate surface area is 176 Å². The van der Waals surface area contributed by atoms with Crippen molar-refractivity contribution in [3.05, 3.63) is 79.1 Å². The van der Waals surface area contributed by atoms with Gasteiger partial charge >= 0.3 is 0 Å². The molecule has 3 rings (SSSR count). The van der Waals surface area contributed by atoms with Crippen LogP contribution in [0, 0.1) is 0 Å². The van der Waals surface area contributed by atoms with Crippen molar-refractivity contribution >= 4 is 0 Å². The molecule has 0 amide bonds. The Morgan fingerprint density at radius 3 is 2.10 bits per heavy atom. The summed E-state index contributed by atoms with van der Waals surface area (Å²) >= 11 is 0. The number of imidazole rings is 1. The molecule has 1 aromatic heterocycles. The van der Waals surface area contributed by atoms with Crippen LogP contribution in [0.4, 0.5) is 0 Å². The summed E-state index contributed by atoms with van der Waals surface area (Å²) in [5.41, 5.74) is 6.06. The number of rotatable bonds is 12. The zero-order valence-electron chi connectivity index (χ0n) is 17.8. The lowest BCUT2D eigenvalue weighted by atomic mass is 10.0. The minimum atomic E-state index is 0.971. The van der Waals surface area contributed by atoms with Crippen LogP contribution in [0.1, 0.15) is 58.3 Å². The van der Waals surface area contributed by atoms with Crippen molar-refractivity contribution in [3.63, 3.8) is 0 Å². The van der Waals surface area contributed by atoms with Gasteiger partial charge in [-0.1, -0.05) is 105 Å². The highest BCUT2D eigenvalue weighted by Gasteiger charge is 2.14. The third-order valence-electron chi connectivity index (χ3n) is 5.50. The van der Waals surface area contributed by atoms with Crippen molar-refractivity contribution in [1.82, 2.24) is 9.55 Å². The Morgan fingerprint density at radius 2 is 1.41 bits per heavy atom. The average Bonchev–Trinajstić information content (AvgIpc) is 3.19. The van der Waals surface area contributed by atoms with Gasteiger partial charge in [-0.15, -0.1) is 0 Å². The molecule has 152 valence electrons. The van der Waals surface area contributed by atoms with Gasteiger partial charge in [0.2, 0.25) is 0 Å². The molecule has 2 nitrogen and oxygen atoms in total. The molecule has 0 radical (unpaired) electrons. The fourth-order valence-corrected chi connectivity index (χ4v) is 3.86. The zero-order chi connectivity index (χ0) is 20.3. The van der Waals surface area contributed by atoms with E-state index in [0.29, 0.717) is 0 Å². The number of aromatic nitrogens is 2. The second-order valence-corrected chi connectivity index (χ2v) is 7.88. The topological polar surface area (TPSA) is 17.8 Å². The predicted molar refractivity (Wildman–Crippen MR) is 125 cm³/mol. The first kappa shape index (κ1) is 21.1. The summed E-state index contributed by atoms with van der Waals surface area (Å²) < 4.78 is 2.31. The van der Waals surface area contributed by atoms with Crippen LogP contribution in [0.15, 0.2) is 79.1 Å². The summed E-state index contributed by atoms with van der Waals surface area (Å²) in [7, 11) is 0. The molecule has 0 bridgehead atoms. The average molecular weight is 387 g/mol. The molecule has 0 saturated heterocycles. The molecular formula is C27H34N2. The minimum Gasteiger partial charge on any atom is -0.330 e. The van der Waals surface area contributed by atoms with E-state index in [0.717, 1.165) is 25.1 Å². The van der Waals surface area contributed by atoms with E-state index in [-0.39, 0.29) is 0 Å². The molecule has 0 aliphatic heterocycles. The minimum absolute atomic E-state index is 0.971. The Hall–Kier alpha value is -2.61. The fourth-order valence-electron chi connectivity index (χ4n) is 3.86. The summed E-state index contributed by atoms with van der Waals surface area (Å²) in [6.07, 6.45) is 12.0. The number of aryl methyl sites for hydroxylation is 1. The highest BCUT2D eigenvalue weighted by molar-refractivity contribution is 5.78. The van der Waals surface area contributed by atoms with E-state index in [2.05, 4.69) is 78.7 Å². The van der Waals surface area contributed by atoms with Crippen LogP contribution >= 0.6 is 0 Å². The van der Waals surface area contributed by atoms with Crippen molar-refractivity contribution < 1.29 is 0 Å². The van der Waals surface area contributed by atoms with Gasteiger partial charge in [-0.2, -0.15) is 0 Å². The highest BCUT2D eigenvalue weighted by atomic mass is 15.1. The summed E-state index contributed by atoms with van der Waals surface area (Å²) in [6.45, 7) is 7.55. The molecule has 0 atom stereocenters. The molecule has 0 saturated carbocycles. The lowest BCUT2D eigenvalue weighted by Gasteiger charge is -2.12. The molecule has 29 heavy (non-hydrogen) atoms. The number of unbranched alkanes of at least 4 members (excludes halogenated alkanes) is 4. The van der Waals surface area contributed by atoms with Crippen LogP contribution < -0.4 is 0 Å². The molecule has 0 unspecified atom stereocenters. The van der Waals surface area contributed by atoms with Crippen molar-refractivity contribution in [1.29, 1.82) is 0 Å². The van der Waals surface area contributed by atoms with Gasteiger partial charge in [0.25, 0.3) is 0 Å². The van der Waals surface area contributed by atoms with Gasteiger partial charge in [0, 0.05) is 17.7 Å². The Balaban J connectivity index is 1.64. The van der Waals surface area contributed by atoms with Gasteiger partial charge in [0.05, 0.1) is 17.7 Å². The zero-order valence-corrected chi connectivity index (χ0v) is 17.8. The third kappa shape index (κ3) is 6.19. The molecule has 3 aromatic rings. The molecule has 0 aliphatic rings. The molecule has 1 heterocycles. The fraction of sp³-hybridized carbons (Fsp3) is 0.370. The number of nitrogens with zero attached hydrogens (tertiary/aromatic N) is 2. The smallest absolute Gasteiger partial charge is 0.0963 e. The van der Waals surface area contributed by atoms with E-state index >= 15 is 0 Å². The van der Waals surface area contributed by atoms with E-state index in [1.54, 1.807) is 0 Å². The maximum absolute atomic E-state index is 4.78. The second-order valence-electron chi connectivity index (χ2n) is 7.88. The van der Waals surface area contributed by atoms with E-state index in [1.165, 1.54) is 60.9 Å². The van der Waals surface area contributed by atoms with Crippen molar-refractivity contribution in [2.24, 2.45) is 0 Å². The Morgan fingerprint density at radius 1 is 0.793 bits per heavy atom. The van der Waals surface area contributed by atoms with Crippen LogP contribution in [-0.2, 0) is 6.54 Å². The standard InChI is InChI=1S/C27H34N2/c1-3-4-5-6-9-15-23(2)16-14-21-29-22-28-26(24-17-10-7-11-18-24)27(29)25-19-12-8-13-20-25/h7-8,10-13,17-20,22H,2-6,9,14-16,21H2,1H3. The van der Waals surface area contributed by atoms with Crippen LogP contribution in [0.2, 0.25) is 0 Å². The maximum atomic E-state index is 4.78. The molecule has 0 spiro atoms. The lowest BCUT2D eigenvalue weighted by molar-refractivity contribution is 0.603. The van der Waals surface area contributed by atoms with Crippen LogP contribution in [0.5, 0.6) is 0 Å². The van der Waals surface area contributed by atoms with Gasteiger partial charge in [0.15, 0.2) is 0 Å². The first-order valence-electron chi connectivity index (χ1n) is 11.1. The van der Waals surface area contributed by atoms with Crippen molar-refractivity contribution in [2.45, 2.75) is 64.8 Å². The maximum Gasteiger partial charge on any atom is 0.0963 e. The summed E-state index contributed by atoms with van der Waals surface area (Å²) in [4.78, 5) is 4.78. The number of hydrogen-bond acceptors (Lipinski definition) is 1. The van der Waals surface area contributed by atoms with Gasteiger partial charge in [-0.25, -0.2) is 4.98 Å². The molecular weight excluding hydrogens is 352 g/mol. The first-order valence-corrected chi connectivity index (χ1v) is 11.1. The van der Waals surface area contributed by atoms with Crippen LogP contribution in [-0.4, -0.2) is 9.55 Å². The largest absolute Gasteiger partial charge is 0.330 e. The van der Waals surface area contributed by atoms with E-state index in [4.69, 9.17) is 4.98 Å². The van der Waals surface area contributed by atoms with E-state index in [1.807, 2.05) is 6.33 Å². The van der Waals surface area contributed by atoms with Crippen LogP contribution in [0.25, 0.3) is 22.5 Å². The van der Waals surface area contributed by atoms with Crippen molar-refractivity contribution in [2.75, 3.05) is 0 Å². The van der Waals surface area contributed by atoms with E-state index in [9.17, 15) is 0 Å². The van der Waals surface area contributed by atoms with Crippen LogP contribution in [0.3, 0.4) is 0 Å². The molecule has 2 heteroatoms. The number of benzene rings is 2. The van der Waals surface area contributed by atoms with Gasteiger partial charge in [0.1, 0.15) is 0 Å². The SMILES string of the molecule is C=C(CCCCCCC)CCCn1cnc(-c2ccccc2)c1-c1ccccc1. The monoisotopic (exact) mass is 386 g/mol. The van der Waals surface area contributed by atoms with Gasteiger partial charge < -0.3 is 4.57 Å². The lowest BCUT2D eigenvalue weighted by Crippen LogP contribution is -2.00. The molecule has 0 N–H and O–H groups in total. The Kier molecular flexibility index (Phi) is 8.30. The normalized spacial score (nSPS) is 10.9. The molecule has 2 aromatic carbocycles. The third-order valence-corrected chi connectivity index (χ3v) is 5.50. The summed E-state index contributed by atoms with van der Waals surface area (Å²) in [5.74, 6) is 0. The van der Waals surface area contributed by atoms with Gasteiger partial charge in [-0.05, 0) is 25.7 Å². The molecule has 0 fully saturated rings. The van der Waals surface area contributed by atoms with E-state index < -0.39 is 0 Å². The summed E-state index contributed by atoms with van der Waals surface area (Å²) in [6, 6.07) is 21.1. The second kappa shape index (κ2) is 11.4. The predicted octanol–water partition coefficient (Wildman–Crippen LogP) is 7.91. The number of hydrogen-bond donors (Lipinski definition) is 0. The summed E-state index contributed by atoms with van der Waals surface area (Å²) in [5, 5.41) is 0. The van der Waals surface area contributed by atoms with Gasteiger partial charge in [-0.3, -0.25) is 0 Å². The quantitative estimate of drug-likeness (QED) is 0.228. The Bertz CT molecular complexity index is 862. The number of allylic oxidation sites excluding steroid dienone is 1. The molecule has 0 aliphatic carbocycles. The first-order chi connectivity index (χ1) is 14.3.